The highest BCUT2D eigenvalue weighted by Gasteiger charge is 2.26. The number of carbonyl (C=O) groups is 1. The molecule has 0 radical (unpaired) electrons. The van der Waals surface area contributed by atoms with Crippen LogP contribution in [0.1, 0.15) is 29.5 Å². The van der Waals surface area contributed by atoms with Crippen LogP contribution in [0.15, 0.2) is 18.2 Å². The van der Waals surface area contributed by atoms with E-state index in [4.69, 9.17) is 4.74 Å². The maximum absolute atomic E-state index is 12.8. The molecule has 1 amide bonds. The van der Waals surface area contributed by atoms with Crippen LogP contribution >= 0.6 is 0 Å². The summed E-state index contributed by atoms with van der Waals surface area (Å²) in [6.07, 6.45) is 2.91. The van der Waals surface area contributed by atoms with Crippen LogP contribution in [0.2, 0.25) is 0 Å². The van der Waals surface area contributed by atoms with Crippen molar-refractivity contribution in [1.29, 1.82) is 0 Å². The van der Waals surface area contributed by atoms with E-state index < -0.39 is 0 Å². The number of ether oxygens (including phenoxy) is 1. The summed E-state index contributed by atoms with van der Waals surface area (Å²) in [5.74, 6) is 0.898. The largest absolute Gasteiger partial charge is 0.379 e. The van der Waals surface area contributed by atoms with E-state index in [1.807, 2.05) is 0 Å². The lowest BCUT2D eigenvalue weighted by atomic mass is 9.96. The number of likely N-dealkylation sites (tertiary alicyclic amines) is 1. The Kier molecular flexibility index (Phi) is 5.90. The van der Waals surface area contributed by atoms with Gasteiger partial charge >= 0.3 is 0 Å². The van der Waals surface area contributed by atoms with E-state index in [0.717, 1.165) is 52.4 Å². The molecular weight excluding hydrogens is 300 g/mol. The van der Waals surface area contributed by atoms with Crippen LogP contribution in [0.5, 0.6) is 0 Å². The molecule has 4 nitrogen and oxygen atoms in total. The SMILES string of the molecule is Cc1ccc(C)c(CC(=O)N2CCC[C@H](CN3CCOCC3)C2)c1. The van der Waals surface area contributed by atoms with Gasteiger partial charge in [-0.25, -0.2) is 0 Å². The van der Waals surface area contributed by atoms with Gasteiger partial charge < -0.3 is 9.64 Å². The minimum absolute atomic E-state index is 0.287. The van der Waals surface area contributed by atoms with Crippen LogP contribution in [0.25, 0.3) is 0 Å². The quantitative estimate of drug-likeness (QED) is 0.850. The monoisotopic (exact) mass is 330 g/mol. The van der Waals surface area contributed by atoms with Crippen LogP contribution in [0.4, 0.5) is 0 Å². The second kappa shape index (κ2) is 8.13. The van der Waals surface area contributed by atoms with Gasteiger partial charge in [0.1, 0.15) is 0 Å². The van der Waals surface area contributed by atoms with Gasteiger partial charge in [-0.3, -0.25) is 9.69 Å². The van der Waals surface area contributed by atoms with Crippen LogP contribution < -0.4 is 0 Å². The number of carbonyl (C=O) groups excluding carboxylic acids is 1. The topological polar surface area (TPSA) is 32.8 Å². The van der Waals surface area contributed by atoms with Gasteiger partial charge in [0.2, 0.25) is 5.91 Å². The molecule has 4 heteroatoms. The van der Waals surface area contributed by atoms with Crippen molar-refractivity contribution >= 4 is 5.91 Å². The molecule has 0 aromatic heterocycles. The maximum Gasteiger partial charge on any atom is 0.227 e. The van der Waals surface area contributed by atoms with E-state index >= 15 is 0 Å². The van der Waals surface area contributed by atoms with Crippen molar-refractivity contribution in [1.82, 2.24) is 9.80 Å². The van der Waals surface area contributed by atoms with Crippen molar-refractivity contribution < 1.29 is 9.53 Å². The van der Waals surface area contributed by atoms with Gasteiger partial charge in [-0.15, -0.1) is 0 Å². The van der Waals surface area contributed by atoms with Crippen molar-refractivity contribution in [2.24, 2.45) is 5.92 Å². The Morgan fingerprint density at radius 1 is 1.21 bits per heavy atom. The van der Waals surface area contributed by atoms with E-state index in [9.17, 15) is 4.79 Å². The summed E-state index contributed by atoms with van der Waals surface area (Å²) in [5.41, 5.74) is 3.62. The number of morpholine rings is 1. The molecule has 0 saturated carbocycles. The molecule has 2 aliphatic rings. The second-order valence-corrected chi connectivity index (χ2v) is 7.37. The Balaban J connectivity index is 1.55. The number of amides is 1. The van der Waals surface area contributed by atoms with E-state index in [-0.39, 0.29) is 5.91 Å². The van der Waals surface area contributed by atoms with Crippen LogP contribution in [-0.4, -0.2) is 61.6 Å². The number of rotatable bonds is 4. The Bertz CT molecular complexity index is 567. The molecular formula is C20H30N2O2. The number of hydrogen-bond donors (Lipinski definition) is 0. The third-order valence-corrected chi connectivity index (χ3v) is 5.34. The molecule has 1 aromatic rings. The van der Waals surface area contributed by atoms with Crippen molar-refractivity contribution in [3.63, 3.8) is 0 Å². The molecule has 2 aliphatic heterocycles. The fraction of sp³-hybridized carbons (Fsp3) is 0.650. The number of hydrogen-bond acceptors (Lipinski definition) is 3. The Hall–Kier alpha value is -1.39. The molecule has 3 rings (SSSR count). The van der Waals surface area contributed by atoms with Crippen molar-refractivity contribution in [3.05, 3.63) is 34.9 Å². The third-order valence-electron chi connectivity index (χ3n) is 5.34. The van der Waals surface area contributed by atoms with Gasteiger partial charge in [-0.1, -0.05) is 23.8 Å². The molecule has 2 saturated heterocycles. The molecule has 0 spiro atoms. The highest BCUT2D eigenvalue weighted by atomic mass is 16.5. The average Bonchev–Trinajstić information content (AvgIpc) is 2.59. The Morgan fingerprint density at radius 3 is 2.79 bits per heavy atom. The van der Waals surface area contributed by atoms with Crippen LogP contribution in [0.3, 0.4) is 0 Å². The predicted molar refractivity (Wildman–Crippen MR) is 96.2 cm³/mol. The normalized spacial score (nSPS) is 22.6. The zero-order valence-electron chi connectivity index (χ0n) is 15.1. The molecule has 0 unspecified atom stereocenters. The summed E-state index contributed by atoms with van der Waals surface area (Å²) >= 11 is 0. The first-order valence-corrected chi connectivity index (χ1v) is 9.26. The number of aryl methyl sites for hydroxylation is 2. The first-order valence-electron chi connectivity index (χ1n) is 9.26. The van der Waals surface area contributed by atoms with Gasteiger partial charge in [0.25, 0.3) is 0 Å². The molecule has 132 valence electrons. The molecule has 0 bridgehead atoms. The second-order valence-electron chi connectivity index (χ2n) is 7.37. The molecule has 2 fully saturated rings. The van der Waals surface area contributed by atoms with Crippen molar-refractivity contribution in [3.8, 4) is 0 Å². The van der Waals surface area contributed by atoms with Gasteiger partial charge in [0.05, 0.1) is 19.6 Å². The van der Waals surface area contributed by atoms with Crippen molar-refractivity contribution in [2.75, 3.05) is 45.9 Å². The minimum Gasteiger partial charge on any atom is -0.379 e. The van der Waals surface area contributed by atoms with Crippen LogP contribution in [0, 0.1) is 19.8 Å². The summed E-state index contributed by atoms with van der Waals surface area (Å²) < 4.78 is 5.43. The Labute approximate surface area is 145 Å². The fourth-order valence-corrected chi connectivity index (χ4v) is 3.85. The number of benzene rings is 1. The molecule has 24 heavy (non-hydrogen) atoms. The lowest BCUT2D eigenvalue weighted by Gasteiger charge is -2.37. The standard InChI is InChI=1S/C20H30N2O2/c1-16-5-6-17(2)19(12-16)13-20(23)22-7-3-4-18(15-22)14-21-8-10-24-11-9-21/h5-6,12,18H,3-4,7-11,13-15H2,1-2H3/t18-/m1/s1. The van der Waals surface area contributed by atoms with Gasteiger partial charge in [0.15, 0.2) is 0 Å². The van der Waals surface area contributed by atoms with E-state index in [0.29, 0.717) is 12.3 Å². The van der Waals surface area contributed by atoms with Gasteiger partial charge in [-0.05, 0) is 43.7 Å². The summed E-state index contributed by atoms with van der Waals surface area (Å²) in [5, 5.41) is 0. The smallest absolute Gasteiger partial charge is 0.227 e. The number of piperidine rings is 1. The molecule has 1 aromatic carbocycles. The predicted octanol–water partition coefficient (Wildman–Crippen LogP) is 2.42. The maximum atomic E-state index is 12.8. The van der Waals surface area contributed by atoms with E-state index in [1.54, 1.807) is 0 Å². The summed E-state index contributed by atoms with van der Waals surface area (Å²) in [6, 6.07) is 6.39. The Morgan fingerprint density at radius 2 is 2.00 bits per heavy atom. The third kappa shape index (κ3) is 4.58. The minimum atomic E-state index is 0.287. The van der Waals surface area contributed by atoms with E-state index in [2.05, 4.69) is 41.8 Å². The zero-order valence-corrected chi connectivity index (χ0v) is 15.1. The first kappa shape index (κ1) is 17.4. The molecule has 1 atom stereocenters. The van der Waals surface area contributed by atoms with Crippen molar-refractivity contribution in [2.45, 2.75) is 33.1 Å². The van der Waals surface area contributed by atoms with Gasteiger partial charge in [-0.2, -0.15) is 0 Å². The summed E-state index contributed by atoms with van der Waals surface area (Å²) in [6.45, 7) is 10.9. The molecule has 0 N–H and O–H groups in total. The first-order chi connectivity index (χ1) is 11.6. The summed E-state index contributed by atoms with van der Waals surface area (Å²) in [4.78, 5) is 17.3. The lowest BCUT2D eigenvalue weighted by Crippen LogP contribution is -2.46. The average molecular weight is 330 g/mol. The number of nitrogens with zero attached hydrogens (tertiary/aromatic N) is 2. The van der Waals surface area contributed by atoms with Gasteiger partial charge in [0, 0.05) is 32.7 Å². The zero-order chi connectivity index (χ0) is 16.9. The fourth-order valence-electron chi connectivity index (χ4n) is 3.85. The summed E-state index contributed by atoms with van der Waals surface area (Å²) in [7, 11) is 0. The van der Waals surface area contributed by atoms with E-state index in [1.165, 1.54) is 23.1 Å². The molecule has 0 aliphatic carbocycles. The highest BCUT2D eigenvalue weighted by molar-refractivity contribution is 5.79. The van der Waals surface area contributed by atoms with Crippen LogP contribution in [-0.2, 0) is 16.0 Å². The molecule has 2 heterocycles. The highest BCUT2D eigenvalue weighted by Crippen LogP contribution is 2.20. The lowest BCUT2D eigenvalue weighted by molar-refractivity contribution is -0.132.